The summed E-state index contributed by atoms with van der Waals surface area (Å²) in [6, 6.07) is 0. The molecule has 3 amide bonds. The summed E-state index contributed by atoms with van der Waals surface area (Å²) in [6.45, 7) is -2.49. The molecule has 4 aliphatic rings. The zero-order valence-corrected chi connectivity index (χ0v) is 29.8. The second-order valence-electron chi connectivity index (χ2n) is 13.5. The fraction of sp³-hybridized carbons (Fsp3) is 0.875. The lowest BCUT2D eigenvalue weighted by Crippen LogP contribution is -2.65. The Morgan fingerprint density at radius 1 is 0.636 bits per heavy atom. The molecule has 4 aliphatic heterocycles. The number of hydrogen-bond donors (Lipinski definition) is 11. The lowest BCUT2D eigenvalue weighted by molar-refractivity contribution is -0.366. The Balaban J connectivity index is 1.26. The second kappa shape index (κ2) is 21.3. The Labute approximate surface area is 314 Å². The number of unbranched alkanes of at least 4 members (excludes halogenated alkanes) is 3. The maximum atomic E-state index is 12.4. The van der Waals surface area contributed by atoms with E-state index in [-0.39, 0.29) is 44.7 Å². The molecule has 4 rings (SSSR count). The molecule has 4 saturated heterocycles. The van der Waals surface area contributed by atoms with E-state index in [9.17, 15) is 70.2 Å². The first kappa shape index (κ1) is 45.1. The summed E-state index contributed by atoms with van der Waals surface area (Å²) < 4.78 is 33.1. The highest BCUT2D eigenvalue weighted by molar-refractivity contribution is 6.01. The van der Waals surface area contributed by atoms with Gasteiger partial charge in [0, 0.05) is 32.2 Å². The number of nitrogens with one attached hydrogen (secondary N) is 1. The van der Waals surface area contributed by atoms with E-state index in [4.69, 9.17) is 33.3 Å². The van der Waals surface area contributed by atoms with E-state index in [0.717, 1.165) is 0 Å². The molecule has 0 aromatic rings. The Hall–Kier alpha value is -2.56. The number of hydroxylamine groups is 2. The van der Waals surface area contributed by atoms with Gasteiger partial charge < -0.3 is 89.6 Å². The minimum Gasteiger partial charge on any atom is -0.394 e. The van der Waals surface area contributed by atoms with E-state index in [2.05, 4.69) is 5.32 Å². The monoisotopic (exact) mass is 800 g/mol. The van der Waals surface area contributed by atoms with E-state index < -0.39 is 130 Å². The second-order valence-corrected chi connectivity index (χ2v) is 13.5. The Kier molecular flexibility index (Phi) is 17.5. The van der Waals surface area contributed by atoms with Crippen molar-refractivity contribution in [1.29, 1.82) is 0 Å². The van der Waals surface area contributed by atoms with Crippen molar-refractivity contribution in [1.82, 2.24) is 10.4 Å². The maximum absolute atomic E-state index is 12.4. The lowest BCUT2D eigenvalue weighted by atomic mass is 9.96. The molecule has 0 radical (unpaired) electrons. The molecule has 0 spiro atoms. The molecule has 0 aliphatic carbocycles. The molecule has 11 N–H and O–H groups in total. The zero-order valence-electron chi connectivity index (χ0n) is 29.8. The fourth-order valence-electron chi connectivity index (χ4n) is 6.24. The summed E-state index contributed by atoms with van der Waals surface area (Å²) in [5.41, 5.74) is 0. The number of carbonyl (C=O) groups is 4. The minimum absolute atomic E-state index is 0.00224. The molecule has 4 fully saturated rings. The first-order chi connectivity index (χ1) is 26.2. The standard InChI is InChI=1S/C32H52N2O21/c35-11-14-21(41)24(44)26(46)30(51-14)50-13-16-23(43)29(54-32-27(47)25(45)22(42)15(12-36)52-32)28(48)31(53-16)49-10-9-33-17(37)5-3-1-2-4-6-20(40)55-34-18(38)7-8-19(34)39/h14-16,21-32,35-36,41-48H,1-13H2,(H,33,37)/t14-,15-,16-,21-,22-,23-,24+,25+,26+,27+,28+,29+,30+,31-,32-/m1/s1. The third-order valence-corrected chi connectivity index (χ3v) is 9.49. The van der Waals surface area contributed by atoms with Gasteiger partial charge in [-0.15, -0.1) is 5.06 Å². The molecule has 4 heterocycles. The van der Waals surface area contributed by atoms with E-state index >= 15 is 0 Å². The molecule has 0 bridgehead atoms. The van der Waals surface area contributed by atoms with E-state index in [1.807, 2.05) is 0 Å². The number of rotatable bonds is 19. The number of amides is 3. The summed E-state index contributed by atoms with van der Waals surface area (Å²) in [6.07, 6.45) is -23.1. The van der Waals surface area contributed by atoms with Crippen molar-refractivity contribution in [2.75, 3.05) is 33.0 Å². The summed E-state index contributed by atoms with van der Waals surface area (Å²) in [4.78, 5) is 52.1. The molecule has 0 saturated carbocycles. The van der Waals surface area contributed by atoms with Crippen LogP contribution in [0.5, 0.6) is 0 Å². The van der Waals surface area contributed by atoms with Crippen LogP contribution in [0.4, 0.5) is 0 Å². The van der Waals surface area contributed by atoms with Crippen molar-refractivity contribution < 1.29 is 104 Å². The highest BCUT2D eigenvalue weighted by atomic mass is 16.8. The van der Waals surface area contributed by atoms with Gasteiger partial charge in [0.2, 0.25) is 5.91 Å². The van der Waals surface area contributed by atoms with Crippen molar-refractivity contribution in [2.45, 2.75) is 143 Å². The predicted octanol–water partition coefficient (Wildman–Crippen LogP) is -6.48. The van der Waals surface area contributed by atoms with Crippen molar-refractivity contribution in [3.63, 3.8) is 0 Å². The fourth-order valence-corrected chi connectivity index (χ4v) is 6.24. The van der Waals surface area contributed by atoms with E-state index in [1.165, 1.54) is 0 Å². The number of hydrogen-bond acceptors (Lipinski definition) is 21. The number of imide groups is 1. The van der Waals surface area contributed by atoms with Crippen LogP contribution < -0.4 is 5.32 Å². The molecule has 0 unspecified atom stereocenters. The van der Waals surface area contributed by atoms with Crippen LogP contribution >= 0.6 is 0 Å². The molecular weight excluding hydrogens is 748 g/mol. The summed E-state index contributed by atoms with van der Waals surface area (Å²) in [5.74, 6) is -2.18. The number of aliphatic hydroxyl groups excluding tert-OH is 10. The maximum Gasteiger partial charge on any atom is 0.333 e. The molecular formula is C32H52N2O21. The lowest BCUT2D eigenvalue weighted by Gasteiger charge is -2.46. The minimum atomic E-state index is -1.91. The quantitative estimate of drug-likeness (QED) is 0.0427. The van der Waals surface area contributed by atoms with Gasteiger partial charge in [-0.25, -0.2) is 4.79 Å². The van der Waals surface area contributed by atoms with Crippen LogP contribution in [-0.4, -0.2) is 205 Å². The first-order valence-electron chi connectivity index (χ1n) is 18.0. The molecule has 316 valence electrons. The van der Waals surface area contributed by atoms with Crippen LogP contribution in [0.3, 0.4) is 0 Å². The SMILES string of the molecule is O=C(CCCCCCC(=O)ON1C(=O)CCC1=O)NCCO[C@@H]1O[C@H](CO[C@H]2O[C@H](CO)[C@@H](O)[C@H](O)[C@@H]2O)[C@@H](O)[C@H](O[C@H]2O[C@H](CO)[C@@H](O)[C@H](O)[C@@H]2O)[C@@H]1O. The predicted molar refractivity (Wildman–Crippen MR) is 173 cm³/mol. The average molecular weight is 801 g/mol. The summed E-state index contributed by atoms with van der Waals surface area (Å²) in [5, 5.41) is 106. The molecule has 0 aromatic carbocycles. The molecule has 23 heteroatoms. The summed E-state index contributed by atoms with van der Waals surface area (Å²) >= 11 is 0. The van der Waals surface area contributed by atoms with Gasteiger partial charge >= 0.3 is 5.97 Å². The zero-order chi connectivity index (χ0) is 40.4. The van der Waals surface area contributed by atoms with Gasteiger partial charge in [-0.2, -0.15) is 0 Å². The third-order valence-electron chi connectivity index (χ3n) is 9.49. The number of ether oxygens (including phenoxy) is 6. The smallest absolute Gasteiger partial charge is 0.333 e. The van der Waals surface area contributed by atoms with Crippen molar-refractivity contribution in [3.8, 4) is 0 Å². The Bertz CT molecular complexity index is 1240. The largest absolute Gasteiger partial charge is 0.394 e. The van der Waals surface area contributed by atoms with Crippen LogP contribution in [-0.2, 0) is 52.4 Å². The van der Waals surface area contributed by atoms with Crippen molar-refractivity contribution in [3.05, 3.63) is 0 Å². The van der Waals surface area contributed by atoms with Gasteiger partial charge in [0.05, 0.1) is 26.4 Å². The van der Waals surface area contributed by atoms with Gasteiger partial charge in [-0.05, 0) is 12.8 Å². The third kappa shape index (κ3) is 11.8. The summed E-state index contributed by atoms with van der Waals surface area (Å²) in [7, 11) is 0. The van der Waals surface area contributed by atoms with E-state index in [0.29, 0.717) is 30.7 Å². The van der Waals surface area contributed by atoms with Crippen LogP contribution in [0.1, 0.15) is 51.4 Å². The van der Waals surface area contributed by atoms with Gasteiger partial charge in [0.25, 0.3) is 11.8 Å². The van der Waals surface area contributed by atoms with Gasteiger partial charge in [0.1, 0.15) is 73.2 Å². The highest BCUT2D eigenvalue weighted by Crippen LogP contribution is 2.31. The molecule has 55 heavy (non-hydrogen) atoms. The van der Waals surface area contributed by atoms with Gasteiger partial charge in [-0.1, -0.05) is 12.8 Å². The van der Waals surface area contributed by atoms with Gasteiger partial charge in [0.15, 0.2) is 18.9 Å². The van der Waals surface area contributed by atoms with Crippen molar-refractivity contribution in [2.24, 2.45) is 0 Å². The molecule has 0 aromatic heterocycles. The number of aliphatic hydroxyl groups is 10. The number of nitrogens with zero attached hydrogens (tertiary/aromatic N) is 1. The Morgan fingerprint density at radius 3 is 1.76 bits per heavy atom. The van der Waals surface area contributed by atoms with E-state index in [1.54, 1.807) is 0 Å². The average Bonchev–Trinajstić information content (AvgIpc) is 3.48. The highest BCUT2D eigenvalue weighted by Gasteiger charge is 2.52. The van der Waals surface area contributed by atoms with Crippen LogP contribution in [0, 0.1) is 0 Å². The first-order valence-corrected chi connectivity index (χ1v) is 18.0. The number of carbonyl (C=O) groups excluding carboxylic acids is 4. The Morgan fingerprint density at radius 2 is 1.16 bits per heavy atom. The van der Waals surface area contributed by atoms with Crippen LogP contribution in [0.25, 0.3) is 0 Å². The molecule has 15 atom stereocenters. The van der Waals surface area contributed by atoms with Crippen molar-refractivity contribution >= 4 is 23.7 Å². The van der Waals surface area contributed by atoms with Gasteiger partial charge in [-0.3, -0.25) is 14.4 Å². The van der Waals surface area contributed by atoms with Crippen LogP contribution in [0.15, 0.2) is 0 Å². The topological polar surface area (TPSA) is 350 Å². The molecule has 23 nitrogen and oxygen atoms in total. The van der Waals surface area contributed by atoms with Crippen LogP contribution in [0.2, 0.25) is 0 Å². The normalized spacial score (nSPS) is 38.3.